The molecule has 0 radical (unpaired) electrons. The molecule has 0 saturated heterocycles. The highest BCUT2D eigenvalue weighted by atomic mass is 32.2. The van der Waals surface area contributed by atoms with Crippen molar-refractivity contribution in [2.45, 2.75) is 0 Å². The fourth-order valence-corrected chi connectivity index (χ4v) is 2.04. The summed E-state index contributed by atoms with van der Waals surface area (Å²) in [5, 5.41) is 2.86. The highest BCUT2D eigenvalue weighted by molar-refractivity contribution is 7.99. The predicted molar refractivity (Wildman–Crippen MR) is 78.9 cm³/mol. The molecular formula is C15H15NOS. The Morgan fingerprint density at radius 2 is 1.61 bits per heavy atom. The highest BCUT2D eigenvalue weighted by Gasteiger charge is 2.01. The normalized spacial score (nSPS) is 10.1. The van der Waals surface area contributed by atoms with E-state index >= 15 is 0 Å². The predicted octanol–water partition coefficient (Wildman–Crippen LogP) is 3.66. The standard InChI is InChI=1S/C15H15NOS/c1-18-11-15(17)16-14-9-7-13(8-10-14)12-5-3-2-4-6-12/h2-10H,11H2,1H3,(H,16,17). The number of hydrogen-bond acceptors (Lipinski definition) is 2. The summed E-state index contributed by atoms with van der Waals surface area (Å²) in [7, 11) is 0. The van der Waals surface area contributed by atoms with Gasteiger partial charge in [0.25, 0.3) is 0 Å². The van der Waals surface area contributed by atoms with Gasteiger partial charge in [-0.05, 0) is 29.5 Å². The van der Waals surface area contributed by atoms with Crippen molar-refractivity contribution in [3.05, 3.63) is 54.6 Å². The van der Waals surface area contributed by atoms with Crippen LogP contribution in [0.4, 0.5) is 5.69 Å². The lowest BCUT2D eigenvalue weighted by atomic mass is 10.1. The lowest BCUT2D eigenvalue weighted by molar-refractivity contribution is -0.113. The van der Waals surface area contributed by atoms with Crippen LogP contribution in [-0.2, 0) is 4.79 Å². The Bertz CT molecular complexity index is 508. The molecule has 0 aliphatic carbocycles. The van der Waals surface area contributed by atoms with E-state index < -0.39 is 0 Å². The molecular weight excluding hydrogens is 242 g/mol. The summed E-state index contributed by atoms with van der Waals surface area (Å²) >= 11 is 1.52. The number of nitrogens with one attached hydrogen (secondary N) is 1. The maximum atomic E-state index is 11.4. The summed E-state index contributed by atoms with van der Waals surface area (Å²) in [6.45, 7) is 0. The van der Waals surface area contributed by atoms with Gasteiger partial charge in [0.1, 0.15) is 0 Å². The number of rotatable bonds is 4. The van der Waals surface area contributed by atoms with Gasteiger partial charge in [0.2, 0.25) is 5.91 Å². The van der Waals surface area contributed by atoms with Crippen molar-refractivity contribution in [3.63, 3.8) is 0 Å². The number of benzene rings is 2. The third-order valence-corrected chi connectivity index (χ3v) is 3.10. The molecule has 2 rings (SSSR count). The van der Waals surface area contributed by atoms with E-state index in [4.69, 9.17) is 0 Å². The quantitative estimate of drug-likeness (QED) is 0.905. The fourth-order valence-electron chi connectivity index (χ4n) is 1.70. The van der Waals surface area contributed by atoms with Crippen LogP contribution in [0.1, 0.15) is 0 Å². The van der Waals surface area contributed by atoms with Crippen LogP contribution in [0.25, 0.3) is 11.1 Å². The second-order valence-corrected chi connectivity index (χ2v) is 4.79. The van der Waals surface area contributed by atoms with Crippen molar-refractivity contribution < 1.29 is 4.79 Å². The molecule has 1 amide bonds. The van der Waals surface area contributed by atoms with Gasteiger partial charge in [-0.2, -0.15) is 11.8 Å². The van der Waals surface area contributed by atoms with Crippen LogP contribution in [0.5, 0.6) is 0 Å². The third-order valence-electron chi connectivity index (χ3n) is 2.55. The molecule has 2 nitrogen and oxygen atoms in total. The van der Waals surface area contributed by atoms with Crippen LogP contribution in [-0.4, -0.2) is 17.9 Å². The first kappa shape index (κ1) is 12.7. The average Bonchev–Trinajstić information content (AvgIpc) is 2.41. The molecule has 0 bridgehead atoms. The largest absolute Gasteiger partial charge is 0.325 e. The number of hydrogen-bond donors (Lipinski definition) is 1. The zero-order valence-corrected chi connectivity index (χ0v) is 11.0. The maximum absolute atomic E-state index is 11.4. The number of carbonyl (C=O) groups excluding carboxylic acids is 1. The molecule has 0 atom stereocenters. The van der Waals surface area contributed by atoms with Crippen molar-refractivity contribution >= 4 is 23.4 Å². The highest BCUT2D eigenvalue weighted by Crippen LogP contribution is 2.20. The molecule has 1 N–H and O–H groups in total. The van der Waals surface area contributed by atoms with Crippen LogP contribution < -0.4 is 5.32 Å². The van der Waals surface area contributed by atoms with Crippen LogP contribution in [0, 0.1) is 0 Å². The first-order chi connectivity index (χ1) is 8.79. The summed E-state index contributed by atoms with van der Waals surface area (Å²) in [4.78, 5) is 11.4. The number of anilines is 1. The Morgan fingerprint density at radius 3 is 2.22 bits per heavy atom. The monoisotopic (exact) mass is 257 g/mol. The molecule has 0 fully saturated rings. The second kappa shape index (κ2) is 6.26. The minimum absolute atomic E-state index is 0.0370. The third kappa shape index (κ3) is 3.37. The molecule has 18 heavy (non-hydrogen) atoms. The van der Waals surface area contributed by atoms with Crippen molar-refractivity contribution in [1.29, 1.82) is 0 Å². The average molecular weight is 257 g/mol. The van der Waals surface area contributed by atoms with E-state index in [-0.39, 0.29) is 5.91 Å². The van der Waals surface area contributed by atoms with Gasteiger partial charge in [0.05, 0.1) is 5.75 Å². The van der Waals surface area contributed by atoms with Crippen molar-refractivity contribution in [3.8, 4) is 11.1 Å². The summed E-state index contributed by atoms with van der Waals surface area (Å²) in [6, 6.07) is 18.1. The van der Waals surface area contributed by atoms with Gasteiger partial charge in [-0.3, -0.25) is 4.79 Å². The molecule has 0 aromatic heterocycles. The van der Waals surface area contributed by atoms with E-state index in [0.29, 0.717) is 5.75 Å². The second-order valence-electron chi connectivity index (χ2n) is 3.92. The van der Waals surface area contributed by atoms with E-state index in [1.54, 1.807) is 0 Å². The molecule has 0 aliphatic rings. The van der Waals surface area contributed by atoms with E-state index in [0.717, 1.165) is 11.3 Å². The molecule has 2 aromatic rings. The lowest BCUT2D eigenvalue weighted by Gasteiger charge is -2.06. The summed E-state index contributed by atoms with van der Waals surface area (Å²) in [5.41, 5.74) is 3.17. The van der Waals surface area contributed by atoms with Crippen LogP contribution in [0.2, 0.25) is 0 Å². The zero-order valence-electron chi connectivity index (χ0n) is 10.2. The molecule has 2 aromatic carbocycles. The van der Waals surface area contributed by atoms with Gasteiger partial charge < -0.3 is 5.32 Å². The van der Waals surface area contributed by atoms with Crippen molar-refractivity contribution in [2.75, 3.05) is 17.3 Å². The Kier molecular flexibility index (Phi) is 4.42. The van der Waals surface area contributed by atoms with E-state index in [2.05, 4.69) is 17.4 Å². The molecule has 0 unspecified atom stereocenters. The van der Waals surface area contributed by atoms with Gasteiger partial charge in [-0.15, -0.1) is 0 Å². The summed E-state index contributed by atoms with van der Waals surface area (Å²) in [6.07, 6.45) is 1.91. The van der Waals surface area contributed by atoms with Gasteiger partial charge in [0.15, 0.2) is 0 Å². The Hall–Kier alpha value is -1.74. The van der Waals surface area contributed by atoms with E-state index in [1.165, 1.54) is 17.3 Å². The summed E-state index contributed by atoms with van der Waals surface area (Å²) < 4.78 is 0. The zero-order chi connectivity index (χ0) is 12.8. The minimum Gasteiger partial charge on any atom is -0.325 e. The molecule has 92 valence electrons. The van der Waals surface area contributed by atoms with Crippen LogP contribution >= 0.6 is 11.8 Å². The molecule has 0 spiro atoms. The van der Waals surface area contributed by atoms with E-state index in [9.17, 15) is 4.79 Å². The lowest BCUT2D eigenvalue weighted by Crippen LogP contribution is -2.13. The molecule has 0 aliphatic heterocycles. The van der Waals surface area contributed by atoms with Crippen molar-refractivity contribution in [2.24, 2.45) is 0 Å². The fraction of sp³-hybridized carbons (Fsp3) is 0.133. The Labute approximate surface area is 111 Å². The summed E-state index contributed by atoms with van der Waals surface area (Å²) in [5.74, 6) is 0.524. The van der Waals surface area contributed by atoms with Gasteiger partial charge in [0, 0.05) is 5.69 Å². The first-order valence-corrected chi connectivity index (χ1v) is 7.13. The smallest absolute Gasteiger partial charge is 0.234 e. The number of amides is 1. The molecule has 0 saturated carbocycles. The van der Waals surface area contributed by atoms with Gasteiger partial charge in [-0.25, -0.2) is 0 Å². The van der Waals surface area contributed by atoms with Crippen LogP contribution in [0.3, 0.4) is 0 Å². The van der Waals surface area contributed by atoms with Gasteiger partial charge in [-0.1, -0.05) is 42.5 Å². The molecule has 0 heterocycles. The molecule has 3 heteroatoms. The number of thioether (sulfide) groups is 1. The topological polar surface area (TPSA) is 29.1 Å². The SMILES string of the molecule is CSCC(=O)Nc1ccc(-c2ccccc2)cc1. The first-order valence-electron chi connectivity index (χ1n) is 5.74. The minimum atomic E-state index is 0.0370. The van der Waals surface area contributed by atoms with Crippen LogP contribution in [0.15, 0.2) is 54.6 Å². The number of carbonyl (C=O) groups is 1. The van der Waals surface area contributed by atoms with Crippen molar-refractivity contribution in [1.82, 2.24) is 0 Å². The Morgan fingerprint density at radius 1 is 1.00 bits per heavy atom. The van der Waals surface area contributed by atoms with Gasteiger partial charge >= 0.3 is 0 Å². The van der Waals surface area contributed by atoms with E-state index in [1.807, 2.05) is 48.7 Å². The Balaban J connectivity index is 2.09. The maximum Gasteiger partial charge on any atom is 0.234 e.